The number of hydrogen-bond donors (Lipinski definition) is 6. The van der Waals surface area contributed by atoms with Crippen LogP contribution in [0.25, 0.3) is 43.6 Å². The number of benzene rings is 5. The van der Waals surface area contributed by atoms with Gasteiger partial charge in [-0.05, 0) is 167 Å². The van der Waals surface area contributed by atoms with E-state index in [0.717, 1.165) is 85.1 Å². The van der Waals surface area contributed by atoms with Gasteiger partial charge >= 0.3 is 18.4 Å². The molecule has 5 aromatic carbocycles. The van der Waals surface area contributed by atoms with E-state index in [0.29, 0.717) is 102 Å². The standard InChI is InChI=1S/C18H16F3N3O2S.C16H19ClN2O2S.C16H15F3N4O2.C16H22N2O2S/c1-27(25,26)24-9-8-23(15-4-2-3-5-16(15)24)17-11-12(18(19,20)21)10-14-13(17)6-7-22-14;17-12-9-15(14-3-6-18-16(14)10-12)11-4-7-19(8-5-11)22(20,21)13-1-2-13;17-16(18,19)9-7-11-10(1-4-20-11)12(8-9)23-5-2-15(3-6-23)13(24)21-14(25)22-15;1-16(2)11-12(8-10-18(16)21(3,19)20)13-5-4-6-15-14(13)7-9-17-15/h2-7,10-11,22H,8-9H2,1H3;3,6,9-11,13,18H,1-2,4-5,7-8H2;1,4,7-8,20H,2-3,5-6H2,(H2,21,22,24,25);4-7,9,12,17H,8,10-11H2,1-3H3. The molecule has 4 saturated heterocycles. The highest BCUT2D eigenvalue weighted by Crippen LogP contribution is 2.46. The van der Waals surface area contributed by atoms with Gasteiger partial charge in [0.15, 0.2) is 0 Å². The molecule has 9 heterocycles. The Morgan fingerprint density at radius 1 is 0.526 bits per heavy atom. The van der Waals surface area contributed by atoms with Crippen LogP contribution in [-0.2, 0) is 47.2 Å². The minimum Gasteiger partial charge on any atom is -0.371 e. The van der Waals surface area contributed by atoms with Crippen molar-refractivity contribution in [3.05, 3.63) is 155 Å². The van der Waals surface area contributed by atoms with Crippen LogP contribution in [0, 0.1) is 0 Å². The molecule has 5 fully saturated rings. The number of nitrogens with one attached hydrogen (secondary N) is 6. The van der Waals surface area contributed by atoms with Gasteiger partial charge in [0.1, 0.15) is 5.54 Å². The number of para-hydroxylation sites is 2. The first-order chi connectivity index (χ1) is 44.8. The van der Waals surface area contributed by atoms with E-state index in [2.05, 4.69) is 60.9 Å². The third-order valence-corrected chi connectivity index (χ3v) is 24.3. The highest BCUT2D eigenvalue weighted by molar-refractivity contribution is 7.92. The van der Waals surface area contributed by atoms with Crippen molar-refractivity contribution in [2.24, 2.45) is 0 Å². The molecule has 95 heavy (non-hydrogen) atoms. The lowest BCUT2D eigenvalue weighted by molar-refractivity contribution is -0.138. The first-order valence-corrected chi connectivity index (χ1v) is 36.8. The molecule has 1 spiro atoms. The minimum absolute atomic E-state index is 0.105. The number of carbonyl (C=O) groups is 2. The first kappa shape index (κ1) is 67.2. The quantitative estimate of drug-likeness (QED) is 0.0621. The predicted molar refractivity (Wildman–Crippen MR) is 358 cm³/mol. The number of aromatic amines is 4. The second kappa shape index (κ2) is 25.3. The summed E-state index contributed by atoms with van der Waals surface area (Å²) >= 11 is 6.22. The van der Waals surface area contributed by atoms with Crippen LogP contribution in [0.3, 0.4) is 0 Å². The summed E-state index contributed by atoms with van der Waals surface area (Å²) in [6.07, 6.45) is 6.40. The summed E-state index contributed by atoms with van der Waals surface area (Å²) in [6.45, 7) is 7.03. The summed E-state index contributed by atoms with van der Waals surface area (Å²) in [5.41, 5.74) is 4.67. The van der Waals surface area contributed by atoms with E-state index in [4.69, 9.17) is 11.6 Å². The maximum atomic E-state index is 13.4. The van der Waals surface area contributed by atoms with Crippen molar-refractivity contribution in [3.8, 4) is 0 Å². The van der Waals surface area contributed by atoms with Crippen molar-refractivity contribution in [2.75, 3.05) is 72.4 Å². The number of rotatable bonds is 8. The lowest BCUT2D eigenvalue weighted by Gasteiger charge is -2.44. The van der Waals surface area contributed by atoms with Crippen molar-refractivity contribution in [3.63, 3.8) is 0 Å². The first-order valence-electron chi connectivity index (χ1n) is 31.2. The van der Waals surface area contributed by atoms with Crippen molar-refractivity contribution >= 4 is 120 Å². The monoisotopic (exact) mass is 1390 g/mol. The molecule has 19 nitrogen and oxygen atoms in total. The third kappa shape index (κ3) is 13.8. The number of H-pyrrole nitrogens is 4. The van der Waals surface area contributed by atoms with Crippen molar-refractivity contribution in [1.29, 1.82) is 0 Å². The SMILES string of the molecule is CC1(C)CC(c2cccc3[nH]ccc23)CCN1S(C)(=O)=O.CS(=O)(=O)N1CCN(c2cc(C(F)(F)F)cc3[nH]ccc23)c2ccccc21.O=C1NC(=O)C2(CCN(c3cc(C(F)(F)F)cc4[nH]ccc34)CC2)N1.O=S(=O)(C1CC1)N1CCC(c2cc(Cl)cc3[nH]ccc23)CC1. The summed E-state index contributed by atoms with van der Waals surface area (Å²) in [7, 11) is -9.66. The van der Waals surface area contributed by atoms with Crippen molar-refractivity contribution < 1.29 is 61.2 Å². The van der Waals surface area contributed by atoms with Gasteiger partial charge in [0, 0.05) is 124 Å². The minimum atomic E-state index is -4.48. The number of urea groups is 1. The van der Waals surface area contributed by atoms with Crippen molar-refractivity contribution in [1.82, 2.24) is 39.2 Å². The molecular formula is C66H72ClF6N11O8S3. The molecule has 0 radical (unpaired) electrons. The summed E-state index contributed by atoms with van der Waals surface area (Å²) < 4.78 is 157. The van der Waals surface area contributed by atoms with Crippen LogP contribution in [0.2, 0.25) is 5.02 Å². The molecule has 4 aromatic heterocycles. The van der Waals surface area contributed by atoms with E-state index in [-0.39, 0.29) is 29.8 Å². The molecule has 0 bridgehead atoms. The predicted octanol–water partition coefficient (Wildman–Crippen LogP) is 13.0. The van der Waals surface area contributed by atoms with E-state index in [1.54, 1.807) is 62.3 Å². The van der Waals surface area contributed by atoms with Crippen LogP contribution in [0.5, 0.6) is 0 Å². The Morgan fingerprint density at radius 3 is 1.61 bits per heavy atom. The average molecular weight is 1390 g/mol. The maximum Gasteiger partial charge on any atom is 0.416 e. The van der Waals surface area contributed by atoms with Crippen LogP contribution >= 0.6 is 11.6 Å². The summed E-state index contributed by atoms with van der Waals surface area (Å²) in [5, 5.41) is 9.30. The fourth-order valence-electron chi connectivity index (χ4n) is 14.3. The average Bonchev–Trinajstić information content (AvgIpc) is 1.77. The molecule has 9 aromatic rings. The largest absolute Gasteiger partial charge is 0.416 e. The molecule has 15 rings (SSSR count). The zero-order chi connectivity index (χ0) is 67.8. The second-order valence-corrected chi connectivity index (χ2v) is 32.3. The van der Waals surface area contributed by atoms with E-state index in [1.165, 1.54) is 32.5 Å². The number of fused-ring (bicyclic) bond motifs is 5. The van der Waals surface area contributed by atoms with Gasteiger partial charge in [0.05, 0.1) is 52.5 Å². The Hall–Kier alpha value is -7.76. The molecule has 29 heteroatoms. The van der Waals surface area contributed by atoms with E-state index in [9.17, 15) is 61.2 Å². The molecule has 1 unspecified atom stereocenters. The fraction of sp³-hybridized carbons (Fsp3) is 0.394. The highest BCUT2D eigenvalue weighted by Gasteiger charge is 2.49. The smallest absolute Gasteiger partial charge is 0.371 e. The van der Waals surface area contributed by atoms with Crippen LogP contribution in [0.1, 0.15) is 99.3 Å². The number of imide groups is 1. The van der Waals surface area contributed by atoms with Crippen LogP contribution in [-0.4, -0.2) is 140 Å². The molecule has 6 N–H and O–H groups in total. The van der Waals surface area contributed by atoms with Gasteiger partial charge in [-0.2, -0.15) is 30.6 Å². The molecular weight excluding hydrogens is 1320 g/mol. The Labute approximate surface area is 550 Å². The van der Waals surface area contributed by atoms with Crippen LogP contribution in [0.4, 0.5) is 53.9 Å². The topological polar surface area (TPSA) is 240 Å². The fourth-order valence-corrected chi connectivity index (χ4v) is 18.7. The number of aromatic nitrogens is 4. The molecule has 506 valence electrons. The zero-order valence-corrected chi connectivity index (χ0v) is 55.5. The Kier molecular flexibility index (Phi) is 17.9. The highest BCUT2D eigenvalue weighted by atomic mass is 35.5. The number of alkyl halides is 6. The van der Waals surface area contributed by atoms with Gasteiger partial charge in [-0.3, -0.25) is 14.4 Å². The Bertz CT molecular complexity index is 4740. The molecule has 6 aliphatic rings. The summed E-state index contributed by atoms with van der Waals surface area (Å²) in [6, 6.07) is 28.7. The van der Waals surface area contributed by atoms with Gasteiger partial charge in [-0.1, -0.05) is 35.9 Å². The molecule has 3 amide bonds. The number of piperidine rings is 3. The normalized spacial score (nSPS) is 19.8. The molecule has 1 atom stereocenters. The summed E-state index contributed by atoms with van der Waals surface area (Å²) in [5.74, 6) is 0.410. The Balaban J connectivity index is 0.000000122. The van der Waals surface area contributed by atoms with Gasteiger partial charge in [-0.25, -0.2) is 34.4 Å². The summed E-state index contributed by atoms with van der Waals surface area (Å²) in [4.78, 5) is 39.1. The van der Waals surface area contributed by atoms with E-state index < -0.39 is 65.1 Å². The zero-order valence-electron chi connectivity index (χ0n) is 52.3. The molecule has 5 aliphatic heterocycles. The third-order valence-electron chi connectivity index (χ3n) is 19.0. The number of anilines is 4. The number of amides is 3. The van der Waals surface area contributed by atoms with Gasteiger partial charge in [0.2, 0.25) is 30.1 Å². The lowest BCUT2D eigenvalue weighted by atomic mass is 9.79. The second-order valence-electron chi connectivity index (χ2n) is 25.8. The lowest BCUT2D eigenvalue weighted by Crippen LogP contribution is -2.55. The van der Waals surface area contributed by atoms with E-state index >= 15 is 0 Å². The molecule has 1 saturated carbocycles. The van der Waals surface area contributed by atoms with Gasteiger partial charge in [-0.15, -0.1) is 0 Å². The van der Waals surface area contributed by atoms with E-state index in [1.807, 2.05) is 43.3 Å². The number of hydrogen-bond acceptors (Lipinski definition) is 10. The van der Waals surface area contributed by atoms with Crippen LogP contribution in [0.15, 0.2) is 128 Å². The number of nitrogens with zero attached hydrogens (tertiary/aromatic N) is 5. The molecule has 1 aliphatic carbocycles. The Morgan fingerprint density at radius 2 is 1.06 bits per heavy atom. The number of sulfonamides is 3. The van der Waals surface area contributed by atoms with Crippen molar-refractivity contribution in [2.45, 2.75) is 106 Å². The van der Waals surface area contributed by atoms with Gasteiger partial charge in [0.25, 0.3) is 5.91 Å². The maximum absolute atomic E-state index is 13.4. The van der Waals surface area contributed by atoms with Gasteiger partial charge < -0.3 is 35.1 Å². The number of halogens is 7. The van der Waals surface area contributed by atoms with Crippen LogP contribution < -0.4 is 24.7 Å². The number of carbonyl (C=O) groups excluding carboxylic acids is 2.